The van der Waals surface area contributed by atoms with Gasteiger partial charge in [-0.2, -0.15) is 0 Å². The lowest BCUT2D eigenvalue weighted by Gasteiger charge is -2.43. The van der Waals surface area contributed by atoms with Crippen molar-refractivity contribution >= 4 is 17.8 Å². The van der Waals surface area contributed by atoms with Gasteiger partial charge in [0.2, 0.25) is 11.8 Å². The fourth-order valence-corrected chi connectivity index (χ4v) is 5.01. The van der Waals surface area contributed by atoms with E-state index in [1.165, 1.54) is 10.5 Å². The summed E-state index contributed by atoms with van der Waals surface area (Å²) in [6, 6.07) is 9.77. The zero-order valence-electron chi connectivity index (χ0n) is 18.2. The van der Waals surface area contributed by atoms with Crippen LogP contribution in [-0.4, -0.2) is 85.0 Å². The third kappa shape index (κ3) is 4.91. The maximum absolute atomic E-state index is 13.1. The van der Waals surface area contributed by atoms with Crippen LogP contribution in [0.3, 0.4) is 0 Å². The van der Waals surface area contributed by atoms with E-state index in [2.05, 4.69) is 34.5 Å². The molecule has 3 aliphatic rings. The van der Waals surface area contributed by atoms with Gasteiger partial charge in [0, 0.05) is 51.8 Å². The normalized spacial score (nSPS) is 27.1. The van der Waals surface area contributed by atoms with E-state index in [1.54, 1.807) is 7.11 Å². The molecule has 0 spiro atoms. The first-order valence-corrected chi connectivity index (χ1v) is 11.2. The van der Waals surface area contributed by atoms with E-state index in [0.29, 0.717) is 25.9 Å². The van der Waals surface area contributed by atoms with Crippen LogP contribution in [0.25, 0.3) is 0 Å². The quantitative estimate of drug-likeness (QED) is 0.739. The maximum atomic E-state index is 13.1. The van der Waals surface area contributed by atoms with Gasteiger partial charge in [-0.1, -0.05) is 30.3 Å². The van der Waals surface area contributed by atoms with Gasteiger partial charge in [0.1, 0.15) is 0 Å². The summed E-state index contributed by atoms with van der Waals surface area (Å²) >= 11 is 0. The highest BCUT2D eigenvalue weighted by Gasteiger charge is 2.45. The molecule has 1 saturated carbocycles. The Bertz CT molecular complexity index is 794. The van der Waals surface area contributed by atoms with Gasteiger partial charge < -0.3 is 15.0 Å². The van der Waals surface area contributed by atoms with E-state index in [0.717, 1.165) is 32.7 Å². The van der Waals surface area contributed by atoms with Gasteiger partial charge in [-0.3, -0.25) is 19.4 Å². The number of hydrogen-bond donors (Lipinski definition) is 1. The number of urea groups is 1. The lowest BCUT2D eigenvalue weighted by molar-refractivity contribution is -0.144. The zero-order chi connectivity index (χ0) is 21.8. The van der Waals surface area contributed by atoms with E-state index in [-0.39, 0.29) is 42.3 Å². The minimum atomic E-state index is -0.370. The predicted molar refractivity (Wildman–Crippen MR) is 115 cm³/mol. The molecule has 1 aromatic rings. The van der Waals surface area contributed by atoms with Crippen molar-refractivity contribution in [1.82, 2.24) is 20.0 Å². The topological polar surface area (TPSA) is 82.2 Å². The molecule has 0 radical (unpaired) electrons. The highest BCUT2D eigenvalue weighted by Crippen LogP contribution is 2.34. The highest BCUT2D eigenvalue weighted by molar-refractivity contribution is 5.99. The average molecular weight is 429 g/mol. The predicted octanol–water partition coefficient (Wildman–Crippen LogP) is 1.31. The minimum absolute atomic E-state index is 0.124. The Hall–Kier alpha value is -2.45. The van der Waals surface area contributed by atoms with Gasteiger partial charge in [-0.25, -0.2) is 4.79 Å². The number of amides is 4. The number of imide groups is 1. The number of rotatable bonds is 6. The number of benzene rings is 1. The van der Waals surface area contributed by atoms with Crippen molar-refractivity contribution in [3.63, 3.8) is 0 Å². The molecule has 8 heteroatoms. The SMILES string of the molecule is COCCN1C(=O)NC2CC(C(=O)N3CCN(Cc4ccccc4)CC3)CCC2C1=O. The molecule has 3 atom stereocenters. The molecule has 3 fully saturated rings. The van der Waals surface area contributed by atoms with Crippen molar-refractivity contribution in [3.05, 3.63) is 35.9 Å². The molecule has 2 saturated heterocycles. The summed E-state index contributed by atoms with van der Waals surface area (Å²) in [6.45, 7) is 4.68. The third-order valence-electron chi connectivity index (χ3n) is 6.79. The Kier molecular flexibility index (Phi) is 6.87. The Balaban J connectivity index is 1.28. The molecule has 3 unspecified atom stereocenters. The summed E-state index contributed by atoms with van der Waals surface area (Å²) in [6.07, 6.45) is 1.88. The van der Waals surface area contributed by atoms with Gasteiger partial charge in [0.05, 0.1) is 19.1 Å². The first-order valence-electron chi connectivity index (χ1n) is 11.2. The van der Waals surface area contributed by atoms with E-state index in [1.807, 2.05) is 11.0 Å². The van der Waals surface area contributed by atoms with Crippen molar-refractivity contribution in [1.29, 1.82) is 0 Å². The molecular weight excluding hydrogens is 396 g/mol. The number of hydrogen-bond acceptors (Lipinski definition) is 5. The summed E-state index contributed by atoms with van der Waals surface area (Å²) in [5, 5.41) is 2.96. The number of carbonyl (C=O) groups excluding carboxylic acids is 3. The molecule has 168 valence electrons. The molecule has 1 aromatic carbocycles. The van der Waals surface area contributed by atoms with Crippen molar-refractivity contribution in [2.75, 3.05) is 46.4 Å². The number of nitrogens with zero attached hydrogens (tertiary/aromatic N) is 3. The second kappa shape index (κ2) is 9.78. The molecule has 2 heterocycles. The Morgan fingerprint density at radius 3 is 2.55 bits per heavy atom. The van der Waals surface area contributed by atoms with Crippen LogP contribution >= 0.6 is 0 Å². The Labute approximate surface area is 183 Å². The van der Waals surface area contributed by atoms with Crippen molar-refractivity contribution < 1.29 is 19.1 Å². The summed E-state index contributed by atoms with van der Waals surface area (Å²) in [5.74, 6) is -0.325. The van der Waals surface area contributed by atoms with Crippen LogP contribution in [-0.2, 0) is 20.9 Å². The van der Waals surface area contributed by atoms with Gasteiger partial charge in [-0.15, -0.1) is 0 Å². The molecule has 4 amide bonds. The zero-order valence-corrected chi connectivity index (χ0v) is 18.2. The smallest absolute Gasteiger partial charge is 0.324 e. The lowest BCUT2D eigenvalue weighted by Crippen LogP contribution is -2.62. The first kappa shape index (κ1) is 21.8. The summed E-state index contributed by atoms with van der Waals surface area (Å²) in [7, 11) is 1.55. The van der Waals surface area contributed by atoms with E-state index in [9.17, 15) is 14.4 Å². The Morgan fingerprint density at radius 2 is 1.84 bits per heavy atom. The standard InChI is InChI=1S/C23H32N4O4/c1-31-14-13-27-22(29)19-8-7-18(15-20(19)24-23(27)30)21(28)26-11-9-25(10-12-26)16-17-5-3-2-4-6-17/h2-6,18-20H,7-16H2,1H3,(H,24,30). The molecule has 0 aromatic heterocycles. The van der Waals surface area contributed by atoms with Gasteiger partial charge in [0.15, 0.2) is 0 Å². The fraction of sp³-hybridized carbons (Fsp3) is 0.609. The Morgan fingerprint density at radius 1 is 1.10 bits per heavy atom. The van der Waals surface area contributed by atoms with E-state index < -0.39 is 0 Å². The molecule has 2 aliphatic heterocycles. The van der Waals surface area contributed by atoms with Gasteiger partial charge >= 0.3 is 6.03 Å². The number of piperazine rings is 1. The summed E-state index contributed by atoms with van der Waals surface area (Å²) in [4.78, 5) is 43.9. The molecule has 1 N–H and O–H groups in total. The maximum Gasteiger partial charge on any atom is 0.324 e. The average Bonchev–Trinajstić information content (AvgIpc) is 2.79. The van der Waals surface area contributed by atoms with Crippen molar-refractivity contribution in [2.24, 2.45) is 11.8 Å². The van der Waals surface area contributed by atoms with Crippen LogP contribution in [0.4, 0.5) is 4.79 Å². The second-order valence-electron chi connectivity index (χ2n) is 8.74. The lowest BCUT2D eigenvalue weighted by atomic mass is 9.76. The molecule has 0 bridgehead atoms. The van der Waals surface area contributed by atoms with E-state index in [4.69, 9.17) is 4.74 Å². The van der Waals surface area contributed by atoms with Crippen LogP contribution in [0.15, 0.2) is 30.3 Å². The third-order valence-corrected chi connectivity index (χ3v) is 6.79. The molecular formula is C23H32N4O4. The van der Waals surface area contributed by atoms with Crippen LogP contribution in [0.5, 0.6) is 0 Å². The molecule has 4 rings (SSSR count). The fourth-order valence-electron chi connectivity index (χ4n) is 5.01. The number of ether oxygens (including phenoxy) is 1. The highest BCUT2D eigenvalue weighted by atomic mass is 16.5. The first-order chi connectivity index (χ1) is 15.1. The summed E-state index contributed by atoms with van der Waals surface area (Å²) in [5.41, 5.74) is 1.29. The van der Waals surface area contributed by atoms with Crippen LogP contribution in [0.2, 0.25) is 0 Å². The number of nitrogens with one attached hydrogen (secondary N) is 1. The number of carbonyl (C=O) groups is 3. The van der Waals surface area contributed by atoms with Crippen molar-refractivity contribution in [2.45, 2.75) is 31.8 Å². The number of methoxy groups -OCH3 is 1. The largest absolute Gasteiger partial charge is 0.383 e. The molecule has 31 heavy (non-hydrogen) atoms. The van der Waals surface area contributed by atoms with E-state index >= 15 is 0 Å². The van der Waals surface area contributed by atoms with Crippen LogP contribution in [0.1, 0.15) is 24.8 Å². The second-order valence-corrected chi connectivity index (χ2v) is 8.74. The van der Waals surface area contributed by atoms with Gasteiger partial charge in [-0.05, 0) is 24.8 Å². The van der Waals surface area contributed by atoms with Crippen molar-refractivity contribution in [3.8, 4) is 0 Å². The summed E-state index contributed by atoms with van der Waals surface area (Å²) < 4.78 is 5.01. The molecule has 8 nitrogen and oxygen atoms in total. The van der Waals surface area contributed by atoms with Crippen LogP contribution < -0.4 is 5.32 Å². The minimum Gasteiger partial charge on any atom is -0.383 e. The monoisotopic (exact) mass is 428 g/mol. The van der Waals surface area contributed by atoms with Gasteiger partial charge in [0.25, 0.3) is 0 Å². The van der Waals surface area contributed by atoms with Crippen LogP contribution in [0, 0.1) is 11.8 Å². The number of fused-ring (bicyclic) bond motifs is 1. The molecule has 1 aliphatic carbocycles.